The van der Waals surface area contributed by atoms with Crippen LogP contribution in [0.25, 0.3) is 21.8 Å². The molecule has 0 saturated heterocycles. The van der Waals surface area contributed by atoms with Crippen LogP contribution in [0.4, 0.5) is 0 Å². The van der Waals surface area contributed by atoms with Crippen molar-refractivity contribution >= 4 is 27.8 Å². The summed E-state index contributed by atoms with van der Waals surface area (Å²) >= 11 is 0. The first-order valence-corrected chi connectivity index (χ1v) is 8.50. The lowest BCUT2D eigenvalue weighted by atomic mass is 10.1. The fraction of sp³-hybridized carbons (Fsp3) is 0.136. The van der Waals surface area contributed by atoms with Gasteiger partial charge in [0.05, 0.1) is 12.2 Å². The van der Waals surface area contributed by atoms with Gasteiger partial charge in [0.25, 0.3) is 0 Å². The highest BCUT2D eigenvalue weighted by Gasteiger charge is 2.11. The lowest BCUT2D eigenvalue weighted by molar-refractivity contribution is 0.0526. The average molecular weight is 329 g/mol. The van der Waals surface area contributed by atoms with E-state index in [9.17, 15) is 4.79 Å². The Labute approximate surface area is 146 Å². The number of hydrogen-bond acceptors (Lipinski definition) is 2. The van der Waals surface area contributed by atoms with Crippen molar-refractivity contribution in [2.45, 2.75) is 13.5 Å². The standard InChI is InChI=1S/C22H19NO2/c1-2-25-22(24)17-13-11-16(12-14-17)15-23-20-9-5-3-7-18(20)19-8-4-6-10-21(19)23/h3-14H,2,15H2,1H3. The highest BCUT2D eigenvalue weighted by molar-refractivity contribution is 6.08. The van der Waals surface area contributed by atoms with Gasteiger partial charge in [0.2, 0.25) is 0 Å². The van der Waals surface area contributed by atoms with Crippen LogP contribution < -0.4 is 0 Å². The predicted molar refractivity (Wildman–Crippen MR) is 101 cm³/mol. The van der Waals surface area contributed by atoms with Crippen LogP contribution in [-0.2, 0) is 11.3 Å². The molecule has 0 saturated carbocycles. The van der Waals surface area contributed by atoms with E-state index < -0.39 is 0 Å². The first-order chi connectivity index (χ1) is 12.3. The number of esters is 1. The molecule has 0 N–H and O–H groups in total. The minimum absolute atomic E-state index is 0.272. The van der Waals surface area contributed by atoms with Crippen LogP contribution in [0.5, 0.6) is 0 Å². The highest BCUT2D eigenvalue weighted by Crippen LogP contribution is 2.29. The third kappa shape index (κ3) is 2.78. The topological polar surface area (TPSA) is 31.2 Å². The predicted octanol–water partition coefficient (Wildman–Crippen LogP) is 5.02. The van der Waals surface area contributed by atoms with Crippen molar-refractivity contribution in [2.24, 2.45) is 0 Å². The van der Waals surface area contributed by atoms with Crippen LogP contribution in [0.2, 0.25) is 0 Å². The van der Waals surface area contributed by atoms with Gasteiger partial charge in [-0.05, 0) is 36.8 Å². The quantitative estimate of drug-likeness (QED) is 0.492. The zero-order chi connectivity index (χ0) is 17.2. The summed E-state index contributed by atoms with van der Waals surface area (Å²) in [6.45, 7) is 2.97. The molecule has 1 aromatic heterocycles. The highest BCUT2D eigenvalue weighted by atomic mass is 16.5. The smallest absolute Gasteiger partial charge is 0.338 e. The van der Waals surface area contributed by atoms with Gasteiger partial charge >= 0.3 is 5.97 Å². The van der Waals surface area contributed by atoms with Crippen molar-refractivity contribution in [3.8, 4) is 0 Å². The van der Waals surface area contributed by atoms with Crippen molar-refractivity contribution < 1.29 is 9.53 Å². The number of benzene rings is 3. The Kier molecular flexibility index (Phi) is 3.98. The van der Waals surface area contributed by atoms with E-state index in [4.69, 9.17) is 4.74 Å². The largest absolute Gasteiger partial charge is 0.462 e. The Bertz CT molecular complexity index is 991. The fourth-order valence-corrected chi connectivity index (χ4v) is 3.32. The number of para-hydroxylation sites is 2. The first-order valence-electron chi connectivity index (χ1n) is 8.50. The molecule has 1 heterocycles. The van der Waals surface area contributed by atoms with E-state index in [1.807, 2.05) is 31.2 Å². The summed E-state index contributed by atoms with van der Waals surface area (Å²) in [5.41, 5.74) is 4.18. The van der Waals surface area contributed by atoms with Crippen molar-refractivity contribution in [3.05, 3.63) is 83.9 Å². The molecule has 3 nitrogen and oxygen atoms in total. The zero-order valence-electron chi connectivity index (χ0n) is 14.1. The van der Waals surface area contributed by atoms with E-state index in [1.54, 1.807) is 0 Å². The maximum absolute atomic E-state index is 11.8. The van der Waals surface area contributed by atoms with Gasteiger partial charge in [-0.3, -0.25) is 0 Å². The second kappa shape index (κ2) is 6.44. The van der Waals surface area contributed by atoms with Crippen molar-refractivity contribution in [3.63, 3.8) is 0 Å². The lowest BCUT2D eigenvalue weighted by Crippen LogP contribution is -2.05. The summed E-state index contributed by atoms with van der Waals surface area (Å²) in [4.78, 5) is 11.8. The molecular weight excluding hydrogens is 310 g/mol. The third-order valence-corrected chi connectivity index (χ3v) is 4.49. The molecule has 0 bridgehead atoms. The normalized spacial score (nSPS) is 11.1. The van der Waals surface area contributed by atoms with E-state index in [-0.39, 0.29) is 5.97 Å². The number of ether oxygens (including phenoxy) is 1. The van der Waals surface area contributed by atoms with E-state index in [2.05, 4.69) is 53.1 Å². The molecule has 0 spiro atoms. The fourth-order valence-electron chi connectivity index (χ4n) is 3.32. The van der Waals surface area contributed by atoms with Gasteiger partial charge in [0.15, 0.2) is 0 Å². The Balaban J connectivity index is 1.74. The second-order valence-electron chi connectivity index (χ2n) is 6.04. The Morgan fingerprint density at radius 2 is 1.40 bits per heavy atom. The maximum atomic E-state index is 11.8. The summed E-state index contributed by atoms with van der Waals surface area (Å²) in [5, 5.41) is 2.53. The molecule has 4 aromatic rings. The van der Waals surface area contributed by atoms with Crippen LogP contribution in [-0.4, -0.2) is 17.1 Å². The lowest BCUT2D eigenvalue weighted by Gasteiger charge is -2.09. The average Bonchev–Trinajstić information content (AvgIpc) is 2.97. The zero-order valence-corrected chi connectivity index (χ0v) is 14.1. The van der Waals surface area contributed by atoms with Crippen LogP contribution in [0.3, 0.4) is 0 Å². The summed E-state index contributed by atoms with van der Waals surface area (Å²) in [6.07, 6.45) is 0. The maximum Gasteiger partial charge on any atom is 0.338 e. The van der Waals surface area contributed by atoms with Gasteiger partial charge in [-0.1, -0.05) is 48.5 Å². The van der Waals surface area contributed by atoms with Crippen LogP contribution in [0, 0.1) is 0 Å². The molecular formula is C22H19NO2. The molecule has 0 amide bonds. The van der Waals surface area contributed by atoms with Crippen molar-refractivity contribution in [2.75, 3.05) is 6.61 Å². The molecule has 0 aliphatic heterocycles. The number of fused-ring (bicyclic) bond motifs is 3. The number of nitrogens with zero attached hydrogens (tertiary/aromatic N) is 1. The molecule has 3 aromatic carbocycles. The molecule has 0 aliphatic rings. The molecule has 124 valence electrons. The van der Waals surface area contributed by atoms with E-state index in [0.717, 1.165) is 12.1 Å². The number of aromatic nitrogens is 1. The SMILES string of the molecule is CCOC(=O)c1ccc(Cn2c3ccccc3c3ccccc32)cc1. The van der Waals surface area contributed by atoms with E-state index in [0.29, 0.717) is 12.2 Å². The molecule has 0 radical (unpaired) electrons. The number of carbonyl (C=O) groups excluding carboxylic acids is 1. The van der Waals surface area contributed by atoms with E-state index >= 15 is 0 Å². The molecule has 0 aliphatic carbocycles. The molecule has 0 atom stereocenters. The van der Waals surface area contributed by atoms with Crippen molar-refractivity contribution in [1.29, 1.82) is 0 Å². The van der Waals surface area contributed by atoms with Crippen molar-refractivity contribution in [1.82, 2.24) is 4.57 Å². The molecule has 4 rings (SSSR count). The van der Waals surface area contributed by atoms with Crippen LogP contribution in [0.15, 0.2) is 72.8 Å². The first kappa shape index (κ1) is 15.5. The Morgan fingerprint density at radius 1 is 0.840 bits per heavy atom. The van der Waals surface area contributed by atoms with Gasteiger partial charge in [-0.15, -0.1) is 0 Å². The second-order valence-corrected chi connectivity index (χ2v) is 6.04. The summed E-state index contributed by atoms with van der Waals surface area (Å²) < 4.78 is 7.37. The Hall–Kier alpha value is -3.07. The summed E-state index contributed by atoms with van der Waals surface area (Å²) in [6, 6.07) is 24.6. The minimum atomic E-state index is -0.272. The van der Waals surface area contributed by atoms with Gasteiger partial charge in [-0.25, -0.2) is 4.79 Å². The van der Waals surface area contributed by atoms with Crippen LogP contribution >= 0.6 is 0 Å². The molecule has 25 heavy (non-hydrogen) atoms. The van der Waals surface area contributed by atoms with Crippen LogP contribution in [0.1, 0.15) is 22.8 Å². The monoisotopic (exact) mass is 329 g/mol. The molecule has 3 heteroatoms. The van der Waals surface area contributed by atoms with Gasteiger partial charge in [0, 0.05) is 28.4 Å². The molecule has 0 unspecified atom stereocenters. The van der Waals surface area contributed by atoms with Gasteiger partial charge < -0.3 is 9.30 Å². The molecule has 0 fully saturated rings. The number of hydrogen-bond donors (Lipinski definition) is 0. The minimum Gasteiger partial charge on any atom is -0.462 e. The third-order valence-electron chi connectivity index (χ3n) is 4.49. The number of carbonyl (C=O) groups is 1. The van der Waals surface area contributed by atoms with E-state index in [1.165, 1.54) is 21.8 Å². The van der Waals surface area contributed by atoms with Gasteiger partial charge in [-0.2, -0.15) is 0 Å². The van der Waals surface area contributed by atoms with Gasteiger partial charge in [0.1, 0.15) is 0 Å². The number of rotatable bonds is 4. The summed E-state index contributed by atoms with van der Waals surface area (Å²) in [7, 11) is 0. The summed E-state index contributed by atoms with van der Waals surface area (Å²) in [5.74, 6) is -0.272. The Morgan fingerprint density at radius 3 is 1.96 bits per heavy atom.